The maximum atomic E-state index is 10.7. The molecule has 0 saturated heterocycles. The van der Waals surface area contributed by atoms with Gasteiger partial charge < -0.3 is 4.74 Å². The van der Waals surface area contributed by atoms with Crippen LogP contribution >= 0.6 is 0 Å². The van der Waals surface area contributed by atoms with Gasteiger partial charge in [0, 0.05) is 6.92 Å². The summed E-state index contributed by atoms with van der Waals surface area (Å²) in [5.41, 5.74) is 1.41. The Bertz CT molecular complexity index is 194. The predicted molar refractivity (Wildman–Crippen MR) is 59.1 cm³/mol. The Kier molecular flexibility index (Phi) is 7.17. The van der Waals surface area contributed by atoms with Gasteiger partial charge in [-0.1, -0.05) is 25.5 Å². The van der Waals surface area contributed by atoms with E-state index >= 15 is 0 Å². The molecule has 0 bridgehead atoms. The monoisotopic (exact) mass is 198 g/mol. The molecule has 0 rings (SSSR count). The van der Waals surface area contributed by atoms with Crippen LogP contribution in [0.5, 0.6) is 0 Å². The minimum atomic E-state index is -0.173. The van der Waals surface area contributed by atoms with Crippen molar-refractivity contribution in [3.63, 3.8) is 0 Å². The zero-order valence-corrected chi connectivity index (χ0v) is 9.80. The van der Waals surface area contributed by atoms with Gasteiger partial charge in [-0.15, -0.1) is 0 Å². The van der Waals surface area contributed by atoms with Crippen LogP contribution in [-0.2, 0) is 9.53 Å². The van der Waals surface area contributed by atoms with E-state index in [1.807, 2.05) is 6.92 Å². The molecule has 0 aliphatic carbocycles. The van der Waals surface area contributed by atoms with Gasteiger partial charge in [-0.2, -0.15) is 0 Å². The van der Waals surface area contributed by atoms with Crippen LogP contribution in [0.15, 0.2) is 11.6 Å². The highest BCUT2D eigenvalue weighted by atomic mass is 16.5. The quantitative estimate of drug-likeness (QED) is 0.482. The molecule has 0 saturated carbocycles. The van der Waals surface area contributed by atoms with Crippen molar-refractivity contribution in [2.75, 3.05) is 0 Å². The van der Waals surface area contributed by atoms with E-state index in [1.165, 1.54) is 12.5 Å². The molecule has 2 heteroatoms. The van der Waals surface area contributed by atoms with Crippen molar-refractivity contribution < 1.29 is 9.53 Å². The molecular weight excluding hydrogens is 176 g/mol. The van der Waals surface area contributed by atoms with E-state index in [9.17, 15) is 4.79 Å². The zero-order chi connectivity index (χ0) is 11.0. The summed E-state index contributed by atoms with van der Waals surface area (Å²) in [4.78, 5) is 10.7. The number of allylic oxidation sites excluding steroid dienone is 2. The molecule has 0 aromatic rings. The Morgan fingerprint density at radius 1 is 1.36 bits per heavy atom. The molecular formula is C12H22O2. The molecule has 0 aliphatic rings. The number of hydrogen-bond acceptors (Lipinski definition) is 2. The second kappa shape index (κ2) is 7.60. The van der Waals surface area contributed by atoms with Crippen LogP contribution in [0.25, 0.3) is 0 Å². The third-order valence-electron chi connectivity index (χ3n) is 2.33. The Hall–Kier alpha value is -0.790. The second-order valence-electron chi connectivity index (χ2n) is 3.62. The van der Waals surface area contributed by atoms with E-state index in [0.717, 1.165) is 25.7 Å². The summed E-state index contributed by atoms with van der Waals surface area (Å²) in [5, 5.41) is 0. The number of ether oxygens (including phenoxy) is 1. The van der Waals surface area contributed by atoms with Crippen molar-refractivity contribution in [3.8, 4) is 0 Å². The normalized spacial score (nSPS) is 13.9. The van der Waals surface area contributed by atoms with Crippen molar-refractivity contribution in [3.05, 3.63) is 11.6 Å². The van der Waals surface area contributed by atoms with E-state index in [0.29, 0.717) is 0 Å². The topological polar surface area (TPSA) is 26.3 Å². The SMILES string of the molecule is CC/C(C)=C/CCC(CC)OC(C)=O. The molecule has 14 heavy (non-hydrogen) atoms. The standard InChI is InChI=1S/C12H22O2/c1-5-10(3)8-7-9-12(6-2)14-11(4)13/h8,12H,5-7,9H2,1-4H3/b10-8+. The Morgan fingerprint density at radius 3 is 2.43 bits per heavy atom. The van der Waals surface area contributed by atoms with Crippen LogP contribution < -0.4 is 0 Å². The third-order valence-corrected chi connectivity index (χ3v) is 2.33. The van der Waals surface area contributed by atoms with Crippen molar-refractivity contribution in [1.29, 1.82) is 0 Å². The van der Waals surface area contributed by atoms with Crippen LogP contribution in [0.2, 0.25) is 0 Å². The highest BCUT2D eigenvalue weighted by Crippen LogP contribution is 2.10. The molecule has 0 aromatic heterocycles. The number of carbonyl (C=O) groups is 1. The van der Waals surface area contributed by atoms with Crippen LogP contribution in [0.3, 0.4) is 0 Å². The Balaban J connectivity index is 3.78. The molecule has 0 radical (unpaired) electrons. The highest BCUT2D eigenvalue weighted by molar-refractivity contribution is 5.66. The molecule has 1 unspecified atom stereocenters. The van der Waals surface area contributed by atoms with Crippen LogP contribution in [0.4, 0.5) is 0 Å². The molecule has 0 heterocycles. The van der Waals surface area contributed by atoms with E-state index < -0.39 is 0 Å². The van der Waals surface area contributed by atoms with E-state index in [-0.39, 0.29) is 12.1 Å². The van der Waals surface area contributed by atoms with Gasteiger partial charge in [0.2, 0.25) is 0 Å². The van der Waals surface area contributed by atoms with E-state index in [2.05, 4.69) is 19.9 Å². The molecule has 0 aromatic carbocycles. The van der Waals surface area contributed by atoms with Crippen molar-refractivity contribution >= 4 is 5.97 Å². The molecule has 2 nitrogen and oxygen atoms in total. The average Bonchev–Trinajstić information content (AvgIpc) is 2.15. The van der Waals surface area contributed by atoms with Gasteiger partial charge in [-0.05, 0) is 32.6 Å². The first-order valence-corrected chi connectivity index (χ1v) is 5.43. The first-order valence-electron chi connectivity index (χ1n) is 5.43. The molecule has 82 valence electrons. The second-order valence-corrected chi connectivity index (χ2v) is 3.62. The van der Waals surface area contributed by atoms with Crippen molar-refractivity contribution in [2.45, 2.75) is 59.5 Å². The van der Waals surface area contributed by atoms with Crippen LogP contribution in [0.1, 0.15) is 53.4 Å². The number of carbonyl (C=O) groups excluding carboxylic acids is 1. The fourth-order valence-corrected chi connectivity index (χ4v) is 1.24. The van der Waals surface area contributed by atoms with Crippen LogP contribution in [0, 0.1) is 0 Å². The van der Waals surface area contributed by atoms with E-state index in [1.54, 1.807) is 0 Å². The maximum absolute atomic E-state index is 10.7. The summed E-state index contributed by atoms with van der Waals surface area (Å²) >= 11 is 0. The van der Waals surface area contributed by atoms with Crippen LogP contribution in [-0.4, -0.2) is 12.1 Å². The van der Waals surface area contributed by atoms with Gasteiger partial charge in [0.15, 0.2) is 0 Å². The summed E-state index contributed by atoms with van der Waals surface area (Å²) in [6, 6.07) is 0. The average molecular weight is 198 g/mol. The molecule has 0 fully saturated rings. The smallest absolute Gasteiger partial charge is 0.302 e. The fraction of sp³-hybridized carbons (Fsp3) is 0.750. The summed E-state index contributed by atoms with van der Waals surface area (Å²) in [7, 11) is 0. The van der Waals surface area contributed by atoms with Crippen molar-refractivity contribution in [1.82, 2.24) is 0 Å². The minimum absolute atomic E-state index is 0.0911. The highest BCUT2D eigenvalue weighted by Gasteiger charge is 2.07. The minimum Gasteiger partial charge on any atom is -0.463 e. The largest absolute Gasteiger partial charge is 0.463 e. The Labute approximate surface area is 87.3 Å². The lowest BCUT2D eigenvalue weighted by Gasteiger charge is -2.13. The lowest BCUT2D eigenvalue weighted by molar-refractivity contribution is -0.146. The molecule has 0 aliphatic heterocycles. The van der Waals surface area contributed by atoms with Gasteiger partial charge in [0.05, 0.1) is 0 Å². The molecule has 1 atom stereocenters. The van der Waals surface area contributed by atoms with Gasteiger partial charge in [-0.25, -0.2) is 0 Å². The molecule has 0 N–H and O–H groups in total. The number of esters is 1. The summed E-state index contributed by atoms with van der Waals surface area (Å²) in [5.74, 6) is -0.173. The number of rotatable bonds is 6. The predicted octanol–water partition coefficient (Wildman–Crippen LogP) is 3.46. The van der Waals surface area contributed by atoms with E-state index in [4.69, 9.17) is 4.74 Å². The lowest BCUT2D eigenvalue weighted by Crippen LogP contribution is -2.14. The van der Waals surface area contributed by atoms with Crippen molar-refractivity contribution in [2.24, 2.45) is 0 Å². The van der Waals surface area contributed by atoms with Gasteiger partial charge in [-0.3, -0.25) is 4.79 Å². The van der Waals surface area contributed by atoms with Gasteiger partial charge in [0.1, 0.15) is 6.10 Å². The zero-order valence-electron chi connectivity index (χ0n) is 9.80. The first kappa shape index (κ1) is 13.2. The van der Waals surface area contributed by atoms with Gasteiger partial charge >= 0.3 is 5.97 Å². The summed E-state index contributed by atoms with van der Waals surface area (Å²) < 4.78 is 5.15. The maximum Gasteiger partial charge on any atom is 0.302 e. The first-order chi connectivity index (χ1) is 6.60. The van der Waals surface area contributed by atoms with Gasteiger partial charge in [0.25, 0.3) is 0 Å². The number of hydrogen-bond donors (Lipinski definition) is 0. The fourth-order valence-electron chi connectivity index (χ4n) is 1.24. The third kappa shape index (κ3) is 6.70. The Morgan fingerprint density at radius 2 is 2.00 bits per heavy atom. The lowest BCUT2D eigenvalue weighted by atomic mass is 10.1. The molecule has 0 amide bonds. The summed E-state index contributed by atoms with van der Waals surface area (Å²) in [6.07, 6.45) is 6.27. The molecule has 0 spiro atoms. The summed E-state index contributed by atoms with van der Waals surface area (Å²) in [6.45, 7) is 7.79.